The van der Waals surface area contributed by atoms with Crippen LogP contribution in [0.4, 0.5) is 5.69 Å². The van der Waals surface area contributed by atoms with Crippen LogP contribution in [0.1, 0.15) is 32.3 Å². The van der Waals surface area contributed by atoms with Crippen molar-refractivity contribution in [1.29, 1.82) is 5.26 Å². The molecule has 0 heterocycles. The van der Waals surface area contributed by atoms with Gasteiger partial charge in [-0.25, -0.2) is 0 Å². The molecule has 1 aromatic carbocycles. The topological polar surface area (TPSA) is 56.0 Å². The number of benzene rings is 1. The van der Waals surface area contributed by atoms with E-state index in [4.69, 9.17) is 0 Å². The Balaban J connectivity index is 2.83. The summed E-state index contributed by atoms with van der Waals surface area (Å²) in [7, 11) is 0. The number of nitriles is 1. The number of anilines is 1. The van der Waals surface area contributed by atoms with Crippen molar-refractivity contribution < 1.29 is 5.11 Å². The molecule has 0 bridgehead atoms. The summed E-state index contributed by atoms with van der Waals surface area (Å²) in [4.78, 5) is 0.956. The molecule has 0 aromatic heterocycles. The normalized spacial score (nSPS) is 13.7. The predicted molar refractivity (Wildman–Crippen MR) is 77.0 cm³/mol. The van der Waals surface area contributed by atoms with E-state index >= 15 is 0 Å². The molecule has 1 aromatic rings. The van der Waals surface area contributed by atoms with Crippen LogP contribution in [0.3, 0.4) is 0 Å². The average molecular weight is 264 g/mol. The maximum absolute atomic E-state index is 10.1. The van der Waals surface area contributed by atoms with E-state index < -0.39 is 5.60 Å². The number of nitrogens with one attached hydrogen (secondary N) is 1. The Kier molecular flexibility index (Phi) is 5.52. The molecule has 0 aliphatic carbocycles. The second-order valence-corrected chi connectivity index (χ2v) is 5.44. The van der Waals surface area contributed by atoms with Gasteiger partial charge in [0, 0.05) is 11.4 Å². The lowest BCUT2D eigenvalue weighted by Crippen LogP contribution is -2.33. The van der Waals surface area contributed by atoms with Crippen molar-refractivity contribution in [2.45, 2.75) is 37.2 Å². The summed E-state index contributed by atoms with van der Waals surface area (Å²) < 4.78 is 0. The molecular formula is C14H20N2OS. The molecular weight excluding hydrogens is 244 g/mol. The van der Waals surface area contributed by atoms with E-state index in [1.54, 1.807) is 11.8 Å². The first-order valence-electron chi connectivity index (χ1n) is 6.07. The van der Waals surface area contributed by atoms with Gasteiger partial charge in [-0.1, -0.05) is 19.4 Å². The number of rotatable bonds is 6. The van der Waals surface area contributed by atoms with Gasteiger partial charge in [-0.3, -0.25) is 0 Å². The van der Waals surface area contributed by atoms with Crippen molar-refractivity contribution in [2.24, 2.45) is 0 Å². The lowest BCUT2D eigenvalue weighted by atomic mass is 10.0. The molecule has 1 rings (SSSR count). The van der Waals surface area contributed by atoms with E-state index in [9.17, 15) is 10.4 Å². The molecule has 0 aliphatic heterocycles. The van der Waals surface area contributed by atoms with Crippen molar-refractivity contribution in [3.8, 4) is 6.07 Å². The molecule has 1 unspecified atom stereocenters. The fraction of sp³-hybridized carbons (Fsp3) is 0.500. The molecule has 0 fully saturated rings. The second kappa shape index (κ2) is 6.67. The fourth-order valence-corrected chi connectivity index (χ4v) is 2.45. The Morgan fingerprint density at radius 2 is 2.22 bits per heavy atom. The van der Waals surface area contributed by atoms with E-state index in [1.165, 1.54) is 0 Å². The summed E-state index contributed by atoms with van der Waals surface area (Å²) >= 11 is 1.55. The highest BCUT2D eigenvalue weighted by Crippen LogP contribution is 2.26. The SMILES string of the molecule is CCCC(C)(O)CNc1cccc(SC)c1C#N. The third-order valence-corrected chi connectivity index (χ3v) is 3.59. The lowest BCUT2D eigenvalue weighted by molar-refractivity contribution is 0.0637. The number of thioether (sulfide) groups is 1. The van der Waals surface area contributed by atoms with Crippen LogP contribution in [0.5, 0.6) is 0 Å². The molecule has 0 aliphatic rings. The Bertz CT molecular complexity index is 438. The number of nitrogens with zero attached hydrogens (tertiary/aromatic N) is 1. The Hall–Kier alpha value is -1.18. The van der Waals surface area contributed by atoms with Gasteiger partial charge >= 0.3 is 0 Å². The zero-order valence-corrected chi connectivity index (χ0v) is 12.0. The van der Waals surface area contributed by atoms with Crippen molar-refractivity contribution in [3.05, 3.63) is 23.8 Å². The highest BCUT2D eigenvalue weighted by molar-refractivity contribution is 7.98. The third-order valence-electron chi connectivity index (χ3n) is 2.81. The van der Waals surface area contributed by atoms with Gasteiger partial charge in [0.05, 0.1) is 16.9 Å². The minimum absolute atomic E-state index is 0.452. The summed E-state index contributed by atoms with van der Waals surface area (Å²) in [6, 6.07) is 7.94. The van der Waals surface area contributed by atoms with Gasteiger partial charge in [0.2, 0.25) is 0 Å². The average Bonchev–Trinajstić information content (AvgIpc) is 2.35. The lowest BCUT2D eigenvalue weighted by Gasteiger charge is -2.24. The van der Waals surface area contributed by atoms with Gasteiger partial charge in [0.25, 0.3) is 0 Å². The second-order valence-electron chi connectivity index (χ2n) is 4.60. The molecule has 98 valence electrons. The largest absolute Gasteiger partial charge is 0.388 e. The van der Waals surface area contributed by atoms with Crippen LogP contribution in [0.25, 0.3) is 0 Å². The molecule has 0 amide bonds. The van der Waals surface area contributed by atoms with E-state index in [2.05, 4.69) is 11.4 Å². The quantitative estimate of drug-likeness (QED) is 0.774. The Morgan fingerprint density at radius 3 is 2.78 bits per heavy atom. The first kappa shape index (κ1) is 14.9. The molecule has 18 heavy (non-hydrogen) atoms. The van der Waals surface area contributed by atoms with Gasteiger partial charge < -0.3 is 10.4 Å². The first-order chi connectivity index (χ1) is 8.54. The fourth-order valence-electron chi connectivity index (χ4n) is 1.88. The van der Waals surface area contributed by atoms with Crippen LogP contribution >= 0.6 is 11.8 Å². The van der Waals surface area contributed by atoms with Crippen molar-refractivity contribution in [1.82, 2.24) is 0 Å². The molecule has 4 heteroatoms. The maximum Gasteiger partial charge on any atom is 0.102 e. The van der Waals surface area contributed by atoms with Crippen molar-refractivity contribution >= 4 is 17.4 Å². The summed E-state index contributed by atoms with van der Waals surface area (Å²) in [5, 5.41) is 22.5. The maximum atomic E-state index is 10.1. The van der Waals surface area contributed by atoms with Crippen LogP contribution in [0.2, 0.25) is 0 Å². The van der Waals surface area contributed by atoms with Crippen LogP contribution in [-0.2, 0) is 0 Å². The highest BCUT2D eigenvalue weighted by Gasteiger charge is 2.19. The van der Waals surface area contributed by atoms with E-state index in [-0.39, 0.29) is 0 Å². The summed E-state index contributed by atoms with van der Waals surface area (Å²) in [5.41, 5.74) is 0.703. The van der Waals surface area contributed by atoms with Crippen molar-refractivity contribution in [2.75, 3.05) is 18.1 Å². The third kappa shape index (κ3) is 3.94. The monoisotopic (exact) mass is 264 g/mol. The van der Waals surface area contributed by atoms with Crippen LogP contribution in [-0.4, -0.2) is 23.5 Å². The predicted octanol–water partition coefficient (Wildman–Crippen LogP) is 3.24. The molecule has 2 N–H and O–H groups in total. The number of aliphatic hydroxyl groups is 1. The van der Waals surface area contributed by atoms with Crippen LogP contribution < -0.4 is 5.32 Å². The minimum atomic E-state index is -0.739. The van der Waals surface area contributed by atoms with Gasteiger partial charge in [0.15, 0.2) is 0 Å². The zero-order valence-electron chi connectivity index (χ0n) is 11.2. The highest BCUT2D eigenvalue weighted by atomic mass is 32.2. The molecule has 1 atom stereocenters. The molecule has 0 saturated heterocycles. The summed E-state index contributed by atoms with van der Waals surface area (Å²) in [6.07, 6.45) is 3.63. The van der Waals surface area contributed by atoms with E-state index in [0.717, 1.165) is 23.4 Å². The number of hydrogen-bond donors (Lipinski definition) is 2. The van der Waals surface area contributed by atoms with Gasteiger partial charge in [-0.05, 0) is 31.7 Å². The molecule has 0 saturated carbocycles. The minimum Gasteiger partial charge on any atom is -0.388 e. The summed E-state index contributed by atoms with van der Waals surface area (Å²) in [6.45, 7) is 4.31. The smallest absolute Gasteiger partial charge is 0.102 e. The standard InChI is InChI=1S/C14H20N2OS/c1-4-8-14(2,17)10-16-12-6-5-7-13(18-3)11(12)9-15/h5-7,16-17H,4,8,10H2,1-3H3. The molecule has 3 nitrogen and oxygen atoms in total. The van der Waals surface area contributed by atoms with Gasteiger partial charge in [-0.2, -0.15) is 5.26 Å². The summed E-state index contributed by atoms with van der Waals surface area (Å²) in [5.74, 6) is 0. The van der Waals surface area contributed by atoms with Crippen LogP contribution in [0, 0.1) is 11.3 Å². The zero-order chi connectivity index (χ0) is 13.6. The van der Waals surface area contributed by atoms with E-state index in [0.29, 0.717) is 12.1 Å². The van der Waals surface area contributed by atoms with E-state index in [1.807, 2.05) is 38.3 Å². The van der Waals surface area contributed by atoms with Gasteiger partial charge in [0.1, 0.15) is 6.07 Å². The van der Waals surface area contributed by atoms with Gasteiger partial charge in [-0.15, -0.1) is 11.8 Å². The van der Waals surface area contributed by atoms with Crippen LogP contribution in [0.15, 0.2) is 23.1 Å². The Labute approximate surface area is 113 Å². The Morgan fingerprint density at radius 1 is 1.50 bits per heavy atom. The molecule has 0 radical (unpaired) electrons. The number of hydrogen-bond acceptors (Lipinski definition) is 4. The first-order valence-corrected chi connectivity index (χ1v) is 7.30. The van der Waals surface area contributed by atoms with Crippen molar-refractivity contribution in [3.63, 3.8) is 0 Å². The molecule has 0 spiro atoms.